The molecule has 0 aliphatic carbocycles. The third kappa shape index (κ3) is 3.25. The molecule has 0 aliphatic heterocycles. The van der Waals surface area contributed by atoms with Crippen LogP contribution in [0.5, 0.6) is 0 Å². The number of hydrogen-bond donors (Lipinski definition) is 1. The number of hydrogen-bond acceptors (Lipinski definition) is 2. The molecule has 0 saturated carbocycles. The van der Waals surface area contributed by atoms with E-state index in [2.05, 4.69) is 0 Å². The van der Waals surface area contributed by atoms with Gasteiger partial charge in [-0.1, -0.05) is 6.07 Å². The fraction of sp³-hybridized carbons (Fsp3) is 0.455. The van der Waals surface area contributed by atoms with Crippen LogP contribution in [0.2, 0.25) is 0 Å². The summed E-state index contributed by atoms with van der Waals surface area (Å²) in [5, 5.41) is 0. The molecule has 0 spiro atoms. The average molecular weight is 214 g/mol. The van der Waals surface area contributed by atoms with E-state index in [1.165, 1.54) is 6.07 Å². The Hall–Kier alpha value is -1.00. The molecule has 0 aliphatic rings. The predicted molar refractivity (Wildman–Crippen MR) is 56.3 cm³/mol. The summed E-state index contributed by atoms with van der Waals surface area (Å²) in [6, 6.07) is 4.16. The summed E-state index contributed by atoms with van der Waals surface area (Å²) in [7, 11) is 1.90. The molecule has 4 heteroatoms. The first kappa shape index (κ1) is 12.1. The first-order chi connectivity index (χ1) is 7.04. The molecule has 2 N–H and O–H groups in total. The van der Waals surface area contributed by atoms with Crippen molar-refractivity contribution >= 4 is 0 Å². The van der Waals surface area contributed by atoms with Crippen molar-refractivity contribution in [3.05, 3.63) is 35.4 Å². The van der Waals surface area contributed by atoms with Gasteiger partial charge in [-0.2, -0.15) is 0 Å². The maximum atomic E-state index is 12.9. The molecule has 0 heterocycles. The molecule has 0 radical (unpaired) electrons. The largest absolute Gasteiger partial charge is 0.329 e. The summed E-state index contributed by atoms with van der Waals surface area (Å²) >= 11 is 0. The fourth-order valence-corrected chi connectivity index (χ4v) is 1.26. The van der Waals surface area contributed by atoms with Gasteiger partial charge in [0.2, 0.25) is 0 Å². The molecule has 1 atom stereocenters. The van der Waals surface area contributed by atoms with Crippen LogP contribution in [0.25, 0.3) is 0 Å². The second-order valence-electron chi connectivity index (χ2n) is 3.75. The second-order valence-corrected chi connectivity index (χ2v) is 3.75. The number of benzene rings is 1. The Morgan fingerprint density at radius 3 is 2.53 bits per heavy atom. The van der Waals surface area contributed by atoms with Crippen molar-refractivity contribution in [3.63, 3.8) is 0 Å². The highest BCUT2D eigenvalue weighted by Crippen LogP contribution is 2.11. The lowest BCUT2D eigenvalue weighted by atomic mass is 10.2. The minimum atomic E-state index is -0.812. The van der Waals surface area contributed by atoms with Crippen LogP contribution < -0.4 is 5.73 Å². The molecule has 1 aromatic rings. The predicted octanol–water partition coefficient (Wildman–Crippen LogP) is 1.74. The highest BCUT2D eigenvalue weighted by atomic mass is 19.2. The first-order valence-electron chi connectivity index (χ1n) is 4.89. The Kier molecular flexibility index (Phi) is 4.17. The lowest BCUT2D eigenvalue weighted by Crippen LogP contribution is -2.34. The molecule has 0 bridgehead atoms. The van der Waals surface area contributed by atoms with E-state index in [1.54, 1.807) is 6.07 Å². The lowest BCUT2D eigenvalue weighted by Gasteiger charge is -2.23. The molecule has 2 nitrogen and oxygen atoms in total. The zero-order valence-corrected chi connectivity index (χ0v) is 9.00. The van der Waals surface area contributed by atoms with E-state index < -0.39 is 11.6 Å². The molecular weight excluding hydrogens is 198 g/mol. The SMILES string of the molecule is CC(CN)N(C)Cc1ccc(F)c(F)c1. The van der Waals surface area contributed by atoms with Gasteiger partial charge in [0.05, 0.1) is 0 Å². The van der Waals surface area contributed by atoms with E-state index in [-0.39, 0.29) is 6.04 Å². The van der Waals surface area contributed by atoms with Gasteiger partial charge in [-0.05, 0) is 31.7 Å². The minimum absolute atomic E-state index is 0.220. The van der Waals surface area contributed by atoms with Crippen molar-refractivity contribution < 1.29 is 8.78 Å². The topological polar surface area (TPSA) is 29.3 Å². The Labute approximate surface area is 88.7 Å². The number of nitrogens with zero attached hydrogens (tertiary/aromatic N) is 1. The van der Waals surface area contributed by atoms with E-state index in [0.29, 0.717) is 13.1 Å². The van der Waals surface area contributed by atoms with Gasteiger partial charge in [0.1, 0.15) is 0 Å². The van der Waals surface area contributed by atoms with Gasteiger partial charge in [-0.15, -0.1) is 0 Å². The van der Waals surface area contributed by atoms with Crippen LogP contribution in [0, 0.1) is 11.6 Å². The molecule has 0 aromatic heterocycles. The van der Waals surface area contributed by atoms with Crippen molar-refractivity contribution in [1.29, 1.82) is 0 Å². The summed E-state index contributed by atoms with van der Waals surface area (Å²) in [4.78, 5) is 1.99. The van der Waals surface area contributed by atoms with Gasteiger partial charge in [0.25, 0.3) is 0 Å². The quantitative estimate of drug-likeness (QED) is 0.827. The van der Waals surface area contributed by atoms with Gasteiger partial charge in [0.15, 0.2) is 11.6 Å². The van der Waals surface area contributed by atoms with Crippen LogP contribution in [-0.4, -0.2) is 24.5 Å². The molecule has 0 fully saturated rings. The van der Waals surface area contributed by atoms with Gasteiger partial charge in [-0.25, -0.2) is 8.78 Å². The summed E-state index contributed by atoms with van der Waals surface area (Å²) in [5.74, 6) is -1.62. The van der Waals surface area contributed by atoms with E-state index >= 15 is 0 Å². The zero-order valence-electron chi connectivity index (χ0n) is 9.00. The third-order valence-electron chi connectivity index (χ3n) is 2.51. The van der Waals surface area contributed by atoms with Crippen molar-refractivity contribution in [2.75, 3.05) is 13.6 Å². The van der Waals surface area contributed by atoms with Crippen molar-refractivity contribution in [2.45, 2.75) is 19.5 Å². The first-order valence-corrected chi connectivity index (χ1v) is 4.89. The molecule has 15 heavy (non-hydrogen) atoms. The average Bonchev–Trinajstić information content (AvgIpc) is 2.22. The van der Waals surface area contributed by atoms with Crippen LogP contribution in [0.4, 0.5) is 8.78 Å². The number of halogens is 2. The molecule has 0 amide bonds. The van der Waals surface area contributed by atoms with E-state index in [1.807, 2.05) is 18.9 Å². The summed E-state index contributed by atoms with van der Waals surface area (Å²) < 4.78 is 25.5. The molecule has 1 unspecified atom stereocenters. The Balaban J connectivity index is 2.68. The summed E-state index contributed by atoms with van der Waals surface area (Å²) in [6.45, 7) is 3.09. The highest BCUT2D eigenvalue weighted by Gasteiger charge is 2.09. The van der Waals surface area contributed by atoms with E-state index in [9.17, 15) is 8.78 Å². The number of likely N-dealkylation sites (N-methyl/N-ethyl adjacent to an activating group) is 1. The third-order valence-corrected chi connectivity index (χ3v) is 2.51. The normalized spacial score (nSPS) is 13.2. The standard InChI is InChI=1S/C11H16F2N2/c1-8(6-14)15(2)7-9-3-4-10(12)11(13)5-9/h3-5,8H,6-7,14H2,1-2H3. The fourth-order valence-electron chi connectivity index (χ4n) is 1.26. The zero-order chi connectivity index (χ0) is 11.4. The smallest absolute Gasteiger partial charge is 0.159 e. The summed E-state index contributed by atoms with van der Waals surface area (Å²) in [5.41, 5.74) is 6.25. The van der Waals surface area contributed by atoms with Crippen molar-refractivity contribution in [2.24, 2.45) is 5.73 Å². The van der Waals surface area contributed by atoms with Crippen LogP contribution in [0.1, 0.15) is 12.5 Å². The maximum Gasteiger partial charge on any atom is 0.159 e. The molecule has 84 valence electrons. The molecular formula is C11H16F2N2. The van der Waals surface area contributed by atoms with Crippen molar-refractivity contribution in [1.82, 2.24) is 4.90 Å². The van der Waals surface area contributed by atoms with Gasteiger partial charge in [0, 0.05) is 19.1 Å². The van der Waals surface area contributed by atoms with Crippen LogP contribution in [0.3, 0.4) is 0 Å². The van der Waals surface area contributed by atoms with Crippen LogP contribution >= 0.6 is 0 Å². The maximum absolute atomic E-state index is 12.9. The van der Waals surface area contributed by atoms with Crippen LogP contribution in [-0.2, 0) is 6.54 Å². The molecule has 1 rings (SSSR count). The second kappa shape index (κ2) is 5.19. The Morgan fingerprint density at radius 2 is 2.00 bits per heavy atom. The van der Waals surface area contributed by atoms with Crippen LogP contribution in [0.15, 0.2) is 18.2 Å². The van der Waals surface area contributed by atoms with Gasteiger partial charge < -0.3 is 5.73 Å². The highest BCUT2D eigenvalue weighted by molar-refractivity contribution is 5.17. The molecule has 1 aromatic carbocycles. The van der Waals surface area contributed by atoms with E-state index in [4.69, 9.17) is 5.73 Å². The number of rotatable bonds is 4. The minimum Gasteiger partial charge on any atom is -0.329 e. The molecule has 0 saturated heterocycles. The Morgan fingerprint density at radius 1 is 1.33 bits per heavy atom. The lowest BCUT2D eigenvalue weighted by molar-refractivity contribution is 0.254. The van der Waals surface area contributed by atoms with Gasteiger partial charge in [-0.3, -0.25) is 4.90 Å². The monoisotopic (exact) mass is 214 g/mol. The number of nitrogens with two attached hydrogens (primary N) is 1. The Bertz CT molecular complexity index is 328. The summed E-state index contributed by atoms with van der Waals surface area (Å²) in [6.07, 6.45) is 0. The van der Waals surface area contributed by atoms with Gasteiger partial charge >= 0.3 is 0 Å². The van der Waals surface area contributed by atoms with Crippen molar-refractivity contribution in [3.8, 4) is 0 Å². The van der Waals surface area contributed by atoms with E-state index in [0.717, 1.165) is 11.6 Å².